The van der Waals surface area contributed by atoms with Gasteiger partial charge in [-0.2, -0.15) is 0 Å². The molecule has 83 heavy (non-hydrogen) atoms. The quantitative estimate of drug-likeness (QED) is 0.0265. The van der Waals surface area contributed by atoms with E-state index >= 15 is 9.59 Å². The number of aryl methyl sites for hydroxylation is 1. The van der Waals surface area contributed by atoms with Crippen molar-refractivity contribution < 1.29 is 48.7 Å². The van der Waals surface area contributed by atoms with Gasteiger partial charge < -0.3 is 49.8 Å². The third kappa shape index (κ3) is 11.8. The van der Waals surface area contributed by atoms with Gasteiger partial charge in [-0.05, 0) is 173 Å². The SMILES string of the molecule is CCOc1ccc2c(c1)CC(NCCCCO)C(=O)N2c1cccc(CN2C(=O)[C@@]3(O[C@@H](CCn4cc(CCO)nn4)[C@H]([Si](C)(C)c4ccc(OC)cc4)[C@H]3C)c3cc(N4C(=O)C(NCCCCO)Cc5cc(OCC)ccc54)ccc32)c1. The van der Waals surface area contributed by atoms with Gasteiger partial charge in [-0.15, -0.1) is 5.10 Å². The summed E-state index contributed by atoms with van der Waals surface area (Å²) in [6.45, 7) is 13.5. The number of anilines is 5. The number of aliphatic hydroxyl groups excluding tert-OH is 3. The van der Waals surface area contributed by atoms with Crippen LogP contribution >= 0.6 is 0 Å². The van der Waals surface area contributed by atoms with Crippen molar-refractivity contribution in [2.45, 2.75) is 128 Å². The zero-order chi connectivity index (χ0) is 58.4. The Hall–Kier alpha value is -6.97. The highest BCUT2D eigenvalue weighted by Gasteiger charge is 2.66. The van der Waals surface area contributed by atoms with Gasteiger partial charge >= 0.3 is 0 Å². The lowest BCUT2D eigenvalue weighted by atomic mass is 9.82. The van der Waals surface area contributed by atoms with Crippen molar-refractivity contribution in [1.82, 2.24) is 25.6 Å². The van der Waals surface area contributed by atoms with Crippen LogP contribution in [0.4, 0.5) is 28.4 Å². The number of carbonyl (C=O) groups excluding carboxylic acids is 3. The zero-order valence-corrected chi connectivity index (χ0v) is 49.7. The number of aromatic nitrogens is 3. The van der Waals surface area contributed by atoms with Crippen LogP contribution < -0.4 is 44.7 Å². The predicted octanol–water partition coefficient (Wildman–Crippen LogP) is 7.38. The van der Waals surface area contributed by atoms with Crippen LogP contribution in [0.2, 0.25) is 18.6 Å². The van der Waals surface area contributed by atoms with E-state index in [-0.39, 0.29) is 55.5 Å². The topological polar surface area (TPSA) is 213 Å². The smallest absolute Gasteiger partial charge is 0.264 e. The summed E-state index contributed by atoms with van der Waals surface area (Å²) in [7, 11) is -0.962. The molecule has 1 saturated heterocycles. The van der Waals surface area contributed by atoms with Crippen molar-refractivity contribution in [3.8, 4) is 17.2 Å². The summed E-state index contributed by atoms with van der Waals surface area (Å²) in [5.74, 6) is 1.33. The number of unbranched alkanes of at least 4 members (excludes halogenated alkanes) is 2. The predicted molar refractivity (Wildman–Crippen MR) is 322 cm³/mol. The Morgan fingerprint density at radius 1 is 0.711 bits per heavy atom. The van der Waals surface area contributed by atoms with Gasteiger partial charge in [0.15, 0.2) is 5.60 Å². The van der Waals surface area contributed by atoms with E-state index in [1.54, 1.807) is 21.6 Å². The Morgan fingerprint density at radius 2 is 1.30 bits per heavy atom. The summed E-state index contributed by atoms with van der Waals surface area (Å²) in [6.07, 6.45) is 5.86. The molecule has 5 heterocycles. The standard InChI is InChI=1S/C64H80N8O10Si/c1-7-80-50-19-24-56-44(35-50)37-54(65-28-9-11-31-73)61(76)71(56)47-15-13-14-43(34-47)40-70-58-23-16-48(72-57-25-20-51(81-8-2)36-45(57)38-55(62(72)77)66-29-10-12-32-74)39-53(58)64(63(70)78)42(3)60(83(5,6)52-21-17-49(79-4)18-22-52)59(82-64)26-30-69-41-46(27-33-75)67-68-69/h13-25,34-36,39,41-42,54-55,59-60,65-66,73-75H,7-12,26-33,37-38,40H2,1-6H3/t42-,54?,55?,59+,60-,64+/m1/s1. The molecule has 2 unspecified atom stereocenters. The van der Waals surface area contributed by atoms with Crippen LogP contribution in [0.1, 0.15) is 80.8 Å². The highest BCUT2D eigenvalue weighted by Crippen LogP contribution is 2.61. The number of carbonyl (C=O) groups is 3. The fourth-order valence-corrected chi connectivity index (χ4v) is 17.3. The molecule has 1 aromatic heterocycles. The summed E-state index contributed by atoms with van der Waals surface area (Å²) in [4.78, 5) is 51.7. The monoisotopic (exact) mass is 1150 g/mol. The molecule has 6 atom stereocenters. The van der Waals surface area contributed by atoms with Crippen LogP contribution in [-0.4, -0.2) is 128 Å². The summed E-state index contributed by atoms with van der Waals surface area (Å²) < 4.78 is 27.0. The zero-order valence-electron chi connectivity index (χ0n) is 48.7. The molecule has 6 aromatic rings. The molecule has 440 valence electrons. The molecule has 18 nitrogen and oxygen atoms in total. The number of rotatable bonds is 26. The number of hydrogen-bond acceptors (Lipinski definition) is 14. The van der Waals surface area contributed by atoms with Crippen molar-refractivity contribution in [1.29, 1.82) is 0 Å². The van der Waals surface area contributed by atoms with Crippen LogP contribution in [0.5, 0.6) is 17.2 Å². The molecule has 0 bridgehead atoms. The Balaban J connectivity index is 1.09. The largest absolute Gasteiger partial charge is 0.497 e. The molecule has 10 rings (SSSR count). The molecule has 0 aliphatic carbocycles. The molecule has 5 aromatic carbocycles. The number of amides is 3. The van der Waals surface area contributed by atoms with E-state index < -0.39 is 31.9 Å². The Morgan fingerprint density at radius 3 is 1.88 bits per heavy atom. The maximum atomic E-state index is 16.5. The first kappa shape index (κ1) is 59.2. The van der Waals surface area contributed by atoms with Crippen molar-refractivity contribution >= 4 is 59.4 Å². The van der Waals surface area contributed by atoms with Gasteiger partial charge in [0.25, 0.3) is 5.91 Å². The van der Waals surface area contributed by atoms with Gasteiger partial charge in [0, 0.05) is 61.8 Å². The lowest BCUT2D eigenvalue weighted by Gasteiger charge is -2.37. The lowest BCUT2D eigenvalue weighted by Crippen LogP contribution is -2.52. The van der Waals surface area contributed by atoms with Crippen molar-refractivity contribution in [3.05, 3.63) is 137 Å². The molecule has 3 amide bonds. The molecule has 0 saturated carbocycles. The second kappa shape index (κ2) is 25.9. The molecule has 5 N–H and O–H groups in total. The highest BCUT2D eigenvalue weighted by atomic mass is 28.3. The second-order valence-electron chi connectivity index (χ2n) is 22.7. The van der Waals surface area contributed by atoms with E-state index in [2.05, 4.69) is 53.1 Å². The van der Waals surface area contributed by atoms with Gasteiger partial charge in [0.2, 0.25) is 11.8 Å². The number of fused-ring (bicyclic) bond motifs is 4. The molecule has 4 aliphatic heterocycles. The van der Waals surface area contributed by atoms with Crippen LogP contribution in [0, 0.1) is 5.92 Å². The van der Waals surface area contributed by atoms with Crippen LogP contribution in [0.25, 0.3) is 0 Å². The minimum atomic E-state index is -2.62. The number of nitrogens with one attached hydrogen (secondary N) is 2. The number of benzene rings is 5. The summed E-state index contributed by atoms with van der Waals surface area (Å²) in [6, 6.07) is 32.5. The van der Waals surface area contributed by atoms with E-state index in [0.29, 0.717) is 112 Å². The van der Waals surface area contributed by atoms with Crippen LogP contribution in [-0.2, 0) is 57.1 Å². The second-order valence-corrected chi connectivity index (χ2v) is 27.4. The van der Waals surface area contributed by atoms with Gasteiger partial charge in [0.05, 0.1) is 75.9 Å². The minimum Gasteiger partial charge on any atom is -0.497 e. The minimum absolute atomic E-state index is 0.0477. The maximum absolute atomic E-state index is 16.5. The van der Waals surface area contributed by atoms with Crippen molar-refractivity contribution in [3.63, 3.8) is 0 Å². The van der Waals surface area contributed by atoms with E-state index in [9.17, 15) is 20.1 Å². The molecule has 1 spiro atoms. The Bertz CT molecular complexity index is 3270. The molecular weight excluding hydrogens is 1070 g/mol. The molecule has 4 aliphatic rings. The van der Waals surface area contributed by atoms with Crippen molar-refractivity contribution in [2.24, 2.45) is 5.92 Å². The fourth-order valence-electron chi connectivity index (χ4n) is 13.2. The Kier molecular flexibility index (Phi) is 18.5. The van der Waals surface area contributed by atoms with E-state index in [1.165, 1.54) is 5.19 Å². The first-order valence-corrected chi connectivity index (χ1v) is 32.6. The number of aliphatic hydroxyl groups is 3. The maximum Gasteiger partial charge on any atom is 0.264 e. The third-order valence-electron chi connectivity index (χ3n) is 17.2. The number of nitrogens with zero attached hydrogens (tertiary/aromatic N) is 6. The Labute approximate surface area is 487 Å². The van der Waals surface area contributed by atoms with E-state index in [1.807, 2.05) is 116 Å². The summed E-state index contributed by atoms with van der Waals surface area (Å²) in [5.41, 5.74) is 5.78. The number of methoxy groups -OCH3 is 1. The van der Waals surface area contributed by atoms with Gasteiger partial charge in [0.1, 0.15) is 17.2 Å². The average Bonchev–Trinajstić information content (AvgIpc) is 1.61. The molecule has 0 radical (unpaired) electrons. The van der Waals surface area contributed by atoms with Crippen molar-refractivity contribution in [2.75, 3.05) is 67.9 Å². The van der Waals surface area contributed by atoms with Gasteiger partial charge in [-0.25, -0.2) is 0 Å². The lowest BCUT2D eigenvalue weighted by molar-refractivity contribution is -0.146. The number of hydrogen-bond donors (Lipinski definition) is 5. The van der Waals surface area contributed by atoms with Crippen LogP contribution in [0.3, 0.4) is 0 Å². The van der Waals surface area contributed by atoms with E-state index in [0.717, 1.165) is 46.0 Å². The number of ether oxygens (including phenoxy) is 4. The van der Waals surface area contributed by atoms with Gasteiger partial charge in [-0.3, -0.25) is 28.9 Å². The summed E-state index contributed by atoms with van der Waals surface area (Å²) >= 11 is 0. The van der Waals surface area contributed by atoms with Crippen LogP contribution in [0.15, 0.2) is 109 Å². The van der Waals surface area contributed by atoms with E-state index in [4.69, 9.17) is 18.9 Å². The normalized spacial score (nSPS) is 21.2. The fraction of sp³-hybridized carbons (Fsp3) is 0.453. The first-order chi connectivity index (χ1) is 40.3. The first-order valence-electron chi connectivity index (χ1n) is 29.5. The highest BCUT2D eigenvalue weighted by molar-refractivity contribution is 6.91. The molecular formula is C64H80N8O10Si. The average molecular weight is 1150 g/mol. The summed E-state index contributed by atoms with van der Waals surface area (Å²) in [5, 5.41) is 45.7. The third-order valence-corrected chi connectivity index (χ3v) is 21.6. The molecule has 19 heteroatoms. The van der Waals surface area contributed by atoms with Gasteiger partial charge in [-0.1, -0.05) is 54.7 Å². The molecule has 1 fully saturated rings.